The lowest BCUT2D eigenvalue weighted by Gasteiger charge is -2.38. The first-order chi connectivity index (χ1) is 9.70. The zero-order valence-corrected chi connectivity index (χ0v) is 11.3. The van der Waals surface area contributed by atoms with Gasteiger partial charge in [-0.3, -0.25) is 4.79 Å². The van der Waals surface area contributed by atoms with Crippen LogP contribution in [0, 0.1) is 5.92 Å². The molecule has 1 spiro atoms. The summed E-state index contributed by atoms with van der Waals surface area (Å²) < 4.78 is 11.5. The van der Waals surface area contributed by atoms with Crippen molar-refractivity contribution >= 4 is 11.6 Å². The SMILES string of the molecule is O=C(Nc1cccc(O)c1)C1CCCCC12OCCO2. The fourth-order valence-electron chi connectivity index (χ4n) is 3.07. The van der Waals surface area contributed by atoms with Crippen LogP contribution in [0.5, 0.6) is 5.75 Å². The first-order valence-electron chi connectivity index (χ1n) is 7.07. The third-order valence-corrected chi connectivity index (χ3v) is 4.01. The number of anilines is 1. The first kappa shape index (κ1) is 13.4. The third-order valence-electron chi connectivity index (χ3n) is 4.01. The van der Waals surface area contributed by atoms with Crippen LogP contribution in [0.4, 0.5) is 5.69 Å². The van der Waals surface area contributed by atoms with Crippen molar-refractivity contribution in [3.8, 4) is 5.75 Å². The van der Waals surface area contributed by atoms with Crippen LogP contribution in [-0.4, -0.2) is 30.0 Å². The highest BCUT2D eigenvalue weighted by atomic mass is 16.7. The Morgan fingerprint density at radius 3 is 2.85 bits per heavy atom. The van der Waals surface area contributed by atoms with Crippen LogP contribution in [-0.2, 0) is 14.3 Å². The van der Waals surface area contributed by atoms with E-state index in [9.17, 15) is 9.90 Å². The van der Waals surface area contributed by atoms with E-state index in [0.717, 1.165) is 25.7 Å². The van der Waals surface area contributed by atoms with Gasteiger partial charge >= 0.3 is 0 Å². The zero-order valence-electron chi connectivity index (χ0n) is 11.3. The Labute approximate surface area is 117 Å². The second kappa shape index (κ2) is 5.42. The highest BCUT2D eigenvalue weighted by molar-refractivity contribution is 5.93. The summed E-state index contributed by atoms with van der Waals surface area (Å²) in [6.45, 7) is 1.10. The molecule has 2 N–H and O–H groups in total. The van der Waals surface area contributed by atoms with E-state index in [-0.39, 0.29) is 17.6 Å². The predicted octanol–water partition coefficient (Wildman–Crippen LogP) is 2.26. The number of carbonyl (C=O) groups excluding carboxylic acids is 1. The molecule has 0 aromatic heterocycles. The van der Waals surface area contributed by atoms with Crippen LogP contribution in [0.15, 0.2) is 24.3 Å². The highest BCUT2D eigenvalue weighted by Crippen LogP contribution is 2.41. The number of phenols is 1. The molecular formula is C15H19NO4. The van der Waals surface area contributed by atoms with Gasteiger partial charge in [0.2, 0.25) is 5.91 Å². The lowest BCUT2D eigenvalue weighted by molar-refractivity contribution is -0.210. The molecule has 1 saturated carbocycles. The van der Waals surface area contributed by atoms with Gasteiger partial charge in [-0.1, -0.05) is 12.5 Å². The van der Waals surface area contributed by atoms with Crippen molar-refractivity contribution in [3.63, 3.8) is 0 Å². The van der Waals surface area contributed by atoms with E-state index in [1.165, 1.54) is 6.07 Å². The molecule has 5 nitrogen and oxygen atoms in total. The van der Waals surface area contributed by atoms with E-state index in [4.69, 9.17) is 9.47 Å². The molecule has 1 aromatic carbocycles. The molecule has 1 aromatic rings. The maximum Gasteiger partial charge on any atom is 0.232 e. The monoisotopic (exact) mass is 277 g/mol. The molecule has 5 heteroatoms. The van der Waals surface area contributed by atoms with Crippen molar-refractivity contribution in [2.75, 3.05) is 18.5 Å². The number of phenolic OH excluding ortho intramolecular Hbond substituents is 1. The Morgan fingerprint density at radius 2 is 2.10 bits per heavy atom. The number of carbonyl (C=O) groups is 1. The Bertz CT molecular complexity index is 496. The van der Waals surface area contributed by atoms with Crippen LogP contribution in [0.2, 0.25) is 0 Å². The predicted molar refractivity (Wildman–Crippen MR) is 73.3 cm³/mol. The van der Waals surface area contributed by atoms with E-state index in [1.807, 2.05) is 0 Å². The van der Waals surface area contributed by atoms with Crippen molar-refractivity contribution < 1.29 is 19.4 Å². The number of hydrogen-bond acceptors (Lipinski definition) is 4. The van der Waals surface area contributed by atoms with E-state index < -0.39 is 5.79 Å². The van der Waals surface area contributed by atoms with Crippen molar-refractivity contribution in [1.82, 2.24) is 0 Å². The molecule has 1 saturated heterocycles. The number of amides is 1. The maximum atomic E-state index is 12.5. The molecule has 1 atom stereocenters. The van der Waals surface area contributed by atoms with Crippen LogP contribution in [0.25, 0.3) is 0 Å². The molecule has 3 rings (SSSR count). The molecule has 1 aliphatic heterocycles. The van der Waals surface area contributed by atoms with E-state index >= 15 is 0 Å². The average Bonchev–Trinajstić information content (AvgIpc) is 2.88. The minimum Gasteiger partial charge on any atom is -0.508 e. The number of ether oxygens (including phenoxy) is 2. The lowest BCUT2D eigenvalue weighted by atomic mass is 9.82. The summed E-state index contributed by atoms with van der Waals surface area (Å²) in [6, 6.07) is 6.55. The summed E-state index contributed by atoms with van der Waals surface area (Å²) in [6.07, 6.45) is 3.57. The molecule has 0 bridgehead atoms. The summed E-state index contributed by atoms with van der Waals surface area (Å²) in [7, 11) is 0. The van der Waals surface area contributed by atoms with Gasteiger partial charge in [-0.25, -0.2) is 0 Å². The van der Waals surface area contributed by atoms with Crippen LogP contribution >= 0.6 is 0 Å². The van der Waals surface area contributed by atoms with Gasteiger partial charge in [0.1, 0.15) is 5.75 Å². The molecule has 108 valence electrons. The molecule has 2 fully saturated rings. The molecule has 1 amide bonds. The van der Waals surface area contributed by atoms with Gasteiger partial charge in [-0.05, 0) is 25.0 Å². The molecule has 1 aliphatic carbocycles. The zero-order chi connectivity index (χ0) is 14.0. The van der Waals surface area contributed by atoms with E-state index in [2.05, 4.69) is 5.32 Å². The standard InChI is InChI=1S/C15H19NO4/c17-12-5-3-4-11(10-12)16-14(18)13-6-1-2-7-15(13)19-8-9-20-15/h3-5,10,13,17H,1-2,6-9H2,(H,16,18). The third kappa shape index (κ3) is 2.51. The molecular weight excluding hydrogens is 258 g/mol. The summed E-state index contributed by atoms with van der Waals surface area (Å²) in [5.74, 6) is -0.994. The van der Waals surface area contributed by atoms with Crippen LogP contribution in [0.3, 0.4) is 0 Å². The van der Waals surface area contributed by atoms with Crippen molar-refractivity contribution in [1.29, 1.82) is 0 Å². The van der Waals surface area contributed by atoms with Crippen LogP contribution < -0.4 is 5.32 Å². The van der Waals surface area contributed by atoms with Crippen molar-refractivity contribution in [2.24, 2.45) is 5.92 Å². The molecule has 20 heavy (non-hydrogen) atoms. The summed E-state index contributed by atoms with van der Waals surface area (Å²) in [4.78, 5) is 12.5. The topological polar surface area (TPSA) is 67.8 Å². The van der Waals surface area contributed by atoms with Gasteiger partial charge in [0.25, 0.3) is 0 Å². The van der Waals surface area contributed by atoms with Gasteiger partial charge < -0.3 is 19.9 Å². The number of rotatable bonds is 2. The second-order valence-electron chi connectivity index (χ2n) is 5.35. The Morgan fingerprint density at radius 1 is 1.30 bits per heavy atom. The van der Waals surface area contributed by atoms with Crippen LogP contribution in [0.1, 0.15) is 25.7 Å². The molecule has 2 aliphatic rings. The van der Waals surface area contributed by atoms with Crippen molar-refractivity contribution in [3.05, 3.63) is 24.3 Å². The fraction of sp³-hybridized carbons (Fsp3) is 0.533. The largest absolute Gasteiger partial charge is 0.508 e. The minimum atomic E-state index is -0.737. The summed E-state index contributed by atoms with van der Waals surface area (Å²) >= 11 is 0. The van der Waals surface area contributed by atoms with Crippen molar-refractivity contribution in [2.45, 2.75) is 31.5 Å². The van der Waals surface area contributed by atoms with Gasteiger partial charge in [-0.15, -0.1) is 0 Å². The highest BCUT2D eigenvalue weighted by Gasteiger charge is 2.49. The first-order valence-corrected chi connectivity index (χ1v) is 7.07. The number of nitrogens with one attached hydrogen (secondary N) is 1. The Kier molecular flexibility index (Phi) is 3.63. The van der Waals surface area contributed by atoms with Gasteiger partial charge in [0, 0.05) is 18.2 Å². The van der Waals surface area contributed by atoms with E-state index in [1.54, 1.807) is 18.2 Å². The van der Waals surface area contributed by atoms with E-state index in [0.29, 0.717) is 18.9 Å². The molecule has 1 unspecified atom stereocenters. The lowest BCUT2D eigenvalue weighted by Crippen LogP contribution is -2.47. The number of benzene rings is 1. The second-order valence-corrected chi connectivity index (χ2v) is 5.35. The normalized spacial score (nSPS) is 24.7. The summed E-state index contributed by atoms with van der Waals surface area (Å²) in [5, 5.41) is 12.3. The minimum absolute atomic E-state index is 0.0998. The van der Waals surface area contributed by atoms with Gasteiger partial charge in [-0.2, -0.15) is 0 Å². The smallest absolute Gasteiger partial charge is 0.232 e. The summed E-state index contributed by atoms with van der Waals surface area (Å²) in [5.41, 5.74) is 0.591. The fourth-order valence-corrected chi connectivity index (χ4v) is 3.07. The van der Waals surface area contributed by atoms with Gasteiger partial charge in [0.15, 0.2) is 5.79 Å². The molecule has 0 radical (unpaired) electrons. The Balaban J connectivity index is 1.75. The maximum absolute atomic E-state index is 12.5. The average molecular weight is 277 g/mol. The quantitative estimate of drug-likeness (QED) is 0.870. The van der Waals surface area contributed by atoms with Gasteiger partial charge in [0.05, 0.1) is 19.1 Å². The Hall–Kier alpha value is -1.59. The molecule has 1 heterocycles. The number of aromatic hydroxyl groups is 1. The number of hydrogen-bond donors (Lipinski definition) is 2.